The summed E-state index contributed by atoms with van der Waals surface area (Å²) in [7, 11) is -3.80. The molecule has 19 heavy (non-hydrogen) atoms. The minimum absolute atomic E-state index is 0.0156. The standard InChI is InChI=1S/C8H10N2O3S.CH5N3O/c1-6-2-4-7(5-3-6)14(12,13)10-8(9)11;2-1(5)4-3/h2-5H,1H3,(H3,9,10,11);3H2,(H3,2,4,5). The number of hydrazine groups is 1. The van der Waals surface area contributed by atoms with Crippen LogP contribution in [0.4, 0.5) is 9.59 Å². The van der Waals surface area contributed by atoms with E-state index in [1.54, 1.807) is 22.3 Å². The molecule has 1 aromatic rings. The highest BCUT2D eigenvalue weighted by molar-refractivity contribution is 7.90. The number of amides is 4. The van der Waals surface area contributed by atoms with Crippen LogP contribution in [0.1, 0.15) is 5.56 Å². The Balaban J connectivity index is 0.000000555. The van der Waals surface area contributed by atoms with E-state index in [0.717, 1.165) is 5.56 Å². The van der Waals surface area contributed by atoms with Crippen LogP contribution in [0.25, 0.3) is 0 Å². The zero-order chi connectivity index (χ0) is 15.1. The maximum atomic E-state index is 11.3. The molecule has 0 unspecified atom stereocenters. The topological polar surface area (TPSA) is 170 Å². The largest absolute Gasteiger partial charge is 0.351 e. The zero-order valence-electron chi connectivity index (χ0n) is 10.1. The van der Waals surface area contributed by atoms with Gasteiger partial charge in [-0.2, -0.15) is 0 Å². The van der Waals surface area contributed by atoms with Gasteiger partial charge < -0.3 is 11.5 Å². The van der Waals surface area contributed by atoms with E-state index in [0.29, 0.717) is 0 Å². The summed E-state index contributed by atoms with van der Waals surface area (Å²) < 4.78 is 24.3. The van der Waals surface area contributed by atoms with E-state index >= 15 is 0 Å². The summed E-state index contributed by atoms with van der Waals surface area (Å²) in [5.41, 5.74) is 11.7. The monoisotopic (exact) mass is 289 g/mol. The number of primary amides is 2. The van der Waals surface area contributed by atoms with E-state index < -0.39 is 22.1 Å². The second kappa shape index (κ2) is 7.18. The number of carbonyl (C=O) groups excluding carboxylic acids is 2. The fourth-order valence-corrected chi connectivity index (χ4v) is 1.79. The van der Waals surface area contributed by atoms with Gasteiger partial charge in [0.15, 0.2) is 0 Å². The molecule has 1 aromatic carbocycles. The van der Waals surface area contributed by atoms with Gasteiger partial charge in [-0.3, -0.25) is 5.43 Å². The molecule has 0 aliphatic carbocycles. The summed E-state index contributed by atoms with van der Waals surface area (Å²) in [6.07, 6.45) is 0. The number of carbonyl (C=O) groups is 2. The Hall–Kier alpha value is -2.33. The lowest BCUT2D eigenvalue weighted by atomic mass is 10.2. The molecule has 0 aliphatic rings. The summed E-state index contributed by atoms with van der Waals surface area (Å²) in [5.74, 6) is 4.45. The Labute approximate surface area is 110 Å². The highest BCUT2D eigenvalue weighted by atomic mass is 32.2. The van der Waals surface area contributed by atoms with Gasteiger partial charge in [0, 0.05) is 0 Å². The van der Waals surface area contributed by atoms with Crippen molar-refractivity contribution >= 4 is 22.1 Å². The molecule has 10 heteroatoms. The molecule has 0 saturated carbocycles. The first-order valence-corrected chi connectivity index (χ1v) is 6.32. The Morgan fingerprint density at radius 1 is 1.05 bits per heavy atom. The van der Waals surface area contributed by atoms with E-state index in [9.17, 15) is 18.0 Å². The molecule has 0 atom stereocenters. The third-order valence-corrected chi connectivity index (χ3v) is 3.07. The molecule has 4 amide bonds. The van der Waals surface area contributed by atoms with Crippen molar-refractivity contribution in [2.75, 3.05) is 0 Å². The number of hydrogen-bond donors (Lipinski definition) is 5. The van der Waals surface area contributed by atoms with Crippen molar-refractivity contribution in [1.29, 1.82) is 0 Å². The van der Waals surface area contributed by atoms with Crippen molar-refractivity contribution in [3.05, 3.63) is 29.8 Å². The van der Waals surface area contributed by atoms with Crippen LogP contribution in [0.5, 0.6) is 0 Å². The molecule has 0 bridgehead atoms. The second-order valence-corrected chi connectivity index (χ2v) is 4.97. The van der Waals surface area contributed by atoms with Crippen LogP contribution in [-0.4, -0.2) is 20.5 Å². The van der Waals surface area contributed by atoms with Crippen LogP contribution in [0.2, 0.25) is 0 Å². The molecule has 1 rings (SSSR count). The molecular weight excluding hydrogens is 274 g/mol. The van der Waals surface area contributed by atoms with Crippen molar-refractivity contribution < 1.29 is 18.0 Å². The van der Waals surface area contributed by atoms with Gasteiger partial charge in [0.1, 0.15) is 0 Å². The predicted molar refractivity (Wildman–Crippen MR) is 68.0 cm³/mol. The Morgan fingerprint density at radius 2 is 1.47 bits per heavy atom. The lowest BCUT2D eigenvalue weighted by Gasteiger charge is -2.03. The summed E-state index contributed by atoms with van der Waals surface area (Å²) in [6.45, 7) is 1.83. The molecule has 8 N–H and O–H groups in total. The highest BCUT2D eigenvalue weighted by Crippen LogP contribution is 2.09. The Morgan fingerprint density at radius 3 is 1.79 bits per heavy atom. The number of sulfonamides is 1. The molecule has 0 aliphatic heterocycles. The minimum atomic E-state index is -3.80. The van der Waals surface area contributed by atoms with Crippen LogP contribution in [0.15, 0.2) is 29.2 Å². The number of urea groups is 2. The quantitative estimate of drug-likeness (QED) is 0.263. The number of nitrogens with one attached hydrogen (secondary N) is 2. The maximum absolute atomic E-state index is 11.3. The van der Waals surface area contributed by atoms with Crippen molar-refractivity contribution in [2.24, 2.45) is 17.3 Å². The molecule has 0 radical (unpaired) electrons. The molecule has 0 fully saturated rings. The number of benzene rings is 1. The zero-order valence-corrected chi connectivity index (χ0v) is 10.9. The van der Waals surface area contributed by atoms with Gasteiger partial charge >= 0.3 is 12.1 Å². The second-order valence-electron chi connectivity index (χ2n) is 3.29. The van der Waals surface area contributed by atoms with Crippen molar-refractivity contribution in [1.82, 2.24) is 10.1 Å². The van der Waals surface area contributed by atoms with Gasteiger partial charge in [-0.05, 0) is 19.1 Å². The third-order valence-electron chi connectivity index (χ3n) is 1.71. The Kier molecular flexibility index (Phi) is 6.30. The summed E-state index contributed by atoms with van der Waals surface area (Å²) in [5, 5.41) is 0. The molecule has 0 spiro atoms. The van der Waals surface area contributed by atoms with E-state index in [1.165, 1.54) is 12.1 Å². The van der Waals surface area contributed by atoms with E-state index in [4.69, 9.17) is 5.73 Å². The summed E-state index contributed by atoms with van der Waals surface area (Å²) in [4.78, 5) is 19.8. The van der Waals surface area contributed by atoms with E-state index in [2.05, 4.69) is 11.6 Å². The highest BCUT2D eigenvalue weighted by Gasteiger charge is 2.14. The van der Waals surface area contributed by atoms with Crippen LogP contribution in [-0.2, 0) is 10.0 Å². The van der Waals surface area contributed by atoms with Crippen molar-refractivity contribution in [2.45, 2.75) is 11.8 Å². The van der Waals surface area contributed by atoms with E-state index in [1.807, 2.05) is 6.92 Å². The first kappa shape index (κ1) is 16.7. The fraction of sp³-hybridized carbons (Fsp3) is 0.111. The van der Waals surface area contributed by atoms with Gasteiger partial charge in [0.25, 0.3) is 10.0 Å². The average molecular weight is 289 g/mol. The van der Waals surface area contributed by atoms with Gasteiger partial charge in [0.05, 0.1) is 4.90 Å². The number of hydrogen-bond acceptors (Lipinski definition) is 5. The van der Waals surface area contributed by atoms with Gasteiger partial charge in [-0.25, -0.2) is 28.6 Å². The molecule has 0 heterocycles. The third kappa shape index (κ3) is 6.85. The lowest BCUT2D eigenvalue weighted by Crippen LogP contribution is -2.34. The Bertz CT molecular complexity index is 540. The summed E-state index contributed by atoms with van der Waals surface area (Å²) in [6, 6.07) is 4.27. The minimum Gasteiger partial charge on any atom is -0.351 e. The normalized spacial score (nSPS) is 9.79. The molecule has 0 aromatic heterocycles. The van der Waals surface area contributed by atoms with Crippen LogP contribution < -0.4 is 27.5 Å². The molecule has 9 nitrogen and oxygen atoms in total. The maximum Gasteiger partial charge on any atom is 0.326 e. The number of rotatable bonds is 2. The number of aryl methyl sites for hydroxylation is 1. The summed E-state index contributed by atoms with van der Waals surface area (Å²) >= 11 is 0. The molecule has 0 saturated heterocycles. The van der Waals surface area contributed by atoms with Crippen molar-refractivity contribution in [3.63, 3.8) is 0 Å². The van der Waals surface area contributed by atoms with Gasteiger partial charge in [-0.1, -0.05) is 17.7 Å². The van der Waals surface area contributed by atoms with Gasteiger partial charge in [0.2, 0.25) is 0 Å². The average Bonchev–Trinajstić information content (AvgIpc) is 2.28. The lowest BCUT2D eigenvalue weighted by molar-refractivity contribution is 0.249. The SMILES string of the molecule is Cc1ccc(S(=O)(=O)NC(N)=O)cc1.NNC(N)=O. The molecular formula is C9H15N5O4S. The van der Waals surface area contributed by atoms with E-state index in [-0.39, 0.29) is 4.90 Å². The first-order valence-electron chi connectivity index (χ1n) is 4.84. The first-order chi connectivity index (χ1) is 8.69. The predicted octanol–water partition coefficient (Wildman–Crippen LogP) is -1.12. The van der Waals surface area contributed by atoms with Crippen LogP contribution in [0, 0.1) is 6.92 Å². The fourth-order valence-electron chi connectivity index (χ4n) is 0.909. The van der Waals surface area contributed by atoms with Crippen molar-refractivity contribution in [3.8, 4) is 0 Å². The molecule has 106 valence electrons. The van der Waals surface area contributed by atoms with Crippen LogP contribution >= 0.6 is 0 Å². The van der Waals surface area contributed by atoms with Crippen LogP contribution in [0.3, 0.4) is 0 Å². The number of nitrogens with two attached hydrogens (primary N) is 3. The smallest absolute Gasteiger partial charge is 0.326 e. The van der Waals surface area contributed by atoms with Gasteiger partial charge in [-0.15, -0.1) is 0 Å².